The van der Waals surface area contributed by atoms with Gasteiger partial charge in [-0.1, -0.05) is 11.6 Å². The smallest absolute Gasteiger partial charge is 0.313 e. The molecule has 1 unspecified atom stereocenters. The minimum Gasteiger partial charge on any atom is -0.313 e. The highest BCUT2D eigenvalue weighted by atomic mass is 35.5. The molecule has 0 aliphatic carbocycles. The van der Waals surface area contributed by atoms with Gasteiger partial charge in [0.15, 0.2) is 0 Å². The molecule has 1 aliphatic rings. The molecule has 2 rings (SSSR count). The summed E-state index contributed by atoms with van der Waals surface area (Å²) in [5, 5.41) is 2.90. The van der Waals surface area contributed by atoms with Crippen LogP contribution in [0.3, 0.4) is 0 Å². The lowest BCUT2D eigenvalue weighted by Gasteiger charge is -2.16. The van der Waals surface area contributed by atoms with Crippen LogP contribution in [0.1, 0.15) is 18.4 Å². The maximum atomic E-state index is 12.9. The van der Waals surface area contributed by atoms with Crippen LogP contribution in [0.5, 0.6) is 0 Å². The molecule has 1 aromatic rings. The van der Waals surface area contributed by atoms with Gasteiger partial charge in [-0.2, -0.15) is 13.2 Å². The molecule has 0 aromatic heterocycles. The van der Waals surface area contributed by atoms with E-state index >= 15 is 0 Å². The maximum Gasteiger partial charge on any atom is 0.417 e. The topological polar surface area (TPSA) is 58.2 Å². The normalized spacial score (nSPS) is 19.0. The van der Waals surface area contributed by atoms with Crippen LogP contribution < -0.4 is 10.0 Å². The first-order valence-electron chi connectivity index (χ1n) is 6.30. The van der Waals surface area contributed by atoms with E-state index in [0.717, 1.165) is 31.5 Å². The molecule has 1 heterocycles. The van der Waals surface area contributed by atoms with Gasteiger partial charge >= 0.3 is 6.18 Å². The highest BCUT2D eigenvalue weighted by Crippen LogP contribution is 2.35. The summed E-state index contributed by atoms with van der Waals surface area (Å²) in [5.41, 5.74) is -1.26. The average Bonchev–Trinajstić information content (AvgIpc) is 2.88. The average molecular weight is 379 g/mol. The van der Waals surface area contributed by atoms with Crippen LogP contribution in [0.4, 0.5) is 13.2 Å². The summed E-state index contributed by atoms with van der Waals surface area (Å²) < 4.78 is 65.2. The van der Waals surface area contributed by atoms with Gasteiger partial charge in [0.25, 0.3) is 0 Å². The first-order chi connectivity index (χ1) is 9.70. The van der Waals surface area contributed by atoms with E-state index in [0.29, 0.717) is 6.07 Å². The number of hydrogen-bond acceptors (Lipinski definition) is 3. The van der Waals surface area contributed by atoms with Gasteiger partial charge in [-0.15, -0.1) is 12.4 Å². The van der Waals surface area contributed by atoms with Crippen LogP contribution >= 0.6 is 24.0 Å². The third-order valence-corrected chi connectivity index (χ3v) is 4.94. The first-order valence-corrected chi connectivity index (χ1v) is 8.16. The zero-order valence-electron chi connectivity index (χ0n) is 11.3. The zero-order chi connectivity index (χ0) is 15.7. The quantitative estimate of drug-likeness (QED) is 0.846. The summed E-state index contributed by atoms with van der Waals surface area (Å²) in [6.07, 6.45) is -3.09. The molecule has 126 valence electrons. The van der Waals surface area contributed by atoms with Gasteiger partial charge in [0.2, 0.25) is 10.0 Å². The SMILES string of the molecule is Cl.O=S(=O)(NCC1CCCN1)c1ccc(Cl)cc1C(F)(F)F. The fourth-order valence-corrected chi connectivity index (χ4v) is 3.64. The van der Waals surface area contributed by atoms with Crippen molar-refractivity contribution in [2.45, 2.75) is 30.0 Å². The molecule has 22 heavy (non-hydrogen) atoms. The van der Waals surface area contributed by atoms with Gasteiger partial charge in [0, 0.05) is 17.6 Å². The summed E-state index contributed by atoms with van der Waals surface area (Å²) in [4.78, 5) is -0.808. The fourth-order valence-electron chi connectivity index (χ4n) is 2.18. The molecule has 1 aromatic carbocycles. The Balaban J connectivity index is 0.00000242. The number of nitrogens with one attached hydrogen (secondary N) is 2. The zero-order valence-corrected chi connectivity index (χ0v) is 13.7. The molecule has 2 N–H and O–H groups in total. The highest BCUT2D eigenvalue weighted by molar-refractivity contribution is 7.89. The van der Waals surface area contributed by atoms with Crippen molar-refractivity contribution in [2.24, 2.45) is 0 Å². The lowest BCUT2D eigenvalue weighted by Crippen LogP contribution is -2.37. The van der Waals surface area contributed by atoms with E-state index in [1.54, 1.807) is 0 Å². The van der Waals surface area contributed by atoms with Gasteiger partial charge in [-0.25, -0.2) is 13.1 Å². The predicted molar refractivity (Wildman–Crippen MR) is 79.9 cm³/mol. The van der Waals surface area contributed by atoms with Crippen molar-refractivity contribution in [3.05, 3.63) is 28.8 Å². The standard InChI is InChI=1S/C12H14ClF3N2O2S.ClH/c13-8-3-4-11(10(6-8)12(14,15)16)21(19,20)18-7-9-2-1-5-17-9;/h3-4,6,9,17-18H,1-2,5,7H2;1H. The highest BCUT2D eigenvalue weighted by Gasteiger charge is 2.37. The third kappa shape index (κ3) is 4.73. The largest absolute Gasteiger partial charge is 0.417 e. The Hall–Kier alpha value is -0.540. The third-order valence-electron chi connectivity index (χ3n) is 3.22. The second kappa shape index (κ2) is 7.35. The summed E-state index contributed by atoms with van der Waals surface area (Å²) in [7, 11) is -4.25. The van der Waals surface area contributed by atoms with Crippen LogP contribution in [0.25, 0.3) is 0 Å². The minimum atomic E-state index is -4.79. The Bertz CT molecular complexity index is 617. The van der Waals surface area contributed by atoms with E-state index in [1.165, 1.54) is 0 Å². The molecule has 1 atom stereocenters. The molecular formula is C12H15Cl2F3N2O2S. The second-order valence-corrected chi connectivity index (χ2v) is 6.96. The van der Waals surface area contributed by atoms with Gasteiger partial charge in [-0.3, -0.25) is 0 Å². The second-order valence-electron chi connectivity index (χ2n) is 4.78. The van der Waals surface area contributed by atoms with Gasteiger partial charge < -0.3 is 5.32 Å². The van der Waals surface area contributed by atoms with E-state index in [-0.39, 0.29) is 30.0 Å². The Morgan fingerprint density at radius 1 is 1.36 bits per heavy atom. The Labute approximate surface area is 137 Å². The van der Waals surface area contributed by atoms with E-state index in [9.17, 15) is 21.6 Å². The van der Waals surface area contributed by atoms with Crippen molar-refractivity contribution in [1.29, 1.82) is 0 Å². The Morgan fingerprint density at radius 3 is 2.59 bits per heavy atom. The molecule has 1 aliphatic heterocycles. The maximum absolute atomic E-state index is 12.9. The van der Waals surface area contributed by atoms with Crippen molar-refractivity contribution in [1.82, 2.24) is 10.0 Å². The number of alkyl halides is 3. The summed E-state index contributed by atoms with van der Waals surface area (Å²) in [6.45, 7) is 0.837. The first kappa shape index (κ1) is 19.5. The number of rotatable bonds is 4. The molecule has 0 amide bonds. The lowest BCUT2D eigenvalue weighted by molar-refractivity contribution is -0.139. The minimum absolute atomic E-state index is 0. The van der Waals surface area contributed by atoms with Crippen molar-refractivity contribution in [3.63, 3.8) is 0 Å². The monoisotopic (exact) mass is 378 g/mol. The van der Waals surface area contributed by atoms with Gasteiger partial charge in [0.1, 0.15) is 0 Å². The molecular weight excluding hydrogens is 364 g/mol. The van der Waals surface area contributed by atoms with Crippen LogP contribution in [-0.4, -0.2) is 27.5 Å². The molecule has 1 fully saturated rings. The van der Waals surface area contributed by atoms with Crippen LogP contribution in [0.2, 0.25) is 5.02 Å². The van der Waals surface area contributed by atoms with E-state index < -0.39 is 26.7 Å². The number of halogens is 5. The summed E-state index contributed by atoms with van der Waals surface area (Å²) in [5.74, 6) is 0. The van der Waals surface area contributed by atoms with Crippen molar-refractivity contribution in [3.8, 4) is 0 Å². The fraction of sp³-hybridized carbons (Fsp3) is 0.500. The number of benzene rings is 1. The lowest BCUT2D eigenvalue weighted by atomic mass is 10.2. The summed E-state index contributed by atoms with van der Waals surface area (Å²) >= 11 is 5.53. The van der Waals surface area contributed by atoms with Crippen molar-refractivity contribution >= 4 is 34.0 Å². The number of sulfonamides is 1. The molecule has 0 spiro atoms. The van der Waals surface area contributed by atoms with E-state index in [2.05, 4.69) is 10.0 Å². The summed E-state index contributed by atoms with van der Waals surface area (Å²) in [6, 6.07) is 2.56. The Kier molecular flexibility index (Phi) is 6.52. The molecule has 10 heteroatoms. The predicted octanol–water partition coefficient (Wildman–Crippen LogP) is 2.81. The number of hydrogen-bond donors (Lipinski definition) is 2. The van der Waals surface area contributed by atoms with Crippen LogP contribution in [0, 0.1) is 0 Å². The van der Waals surface area contributed by atoms with E-state index in [1.807, 2.05) is 0 Å². The van der Waals surface area contributed by atoms with Crippen LogP contribution in [0.15, 0.2) is 23.1 Å². The molecule has 0 bridgehead atoms. The van der Waals surface area contributed by atoms with Crippen molar-refractivity contribution in [2.75, 3.05) is 13.1 Å². The molecule has 1 saturated heterocycles. The van der Waals surface area contributed by atoms with Gasteiger partial charge in [0.05, 0.1) is 10.5 Å². The van der Waals surface area contributed by atoms with E-state index in [4.69, 9.17) is 11.6 Å². The van der Waals surface area contributed by atoms with Crippen LogP contribution in [-0.2, 0) is 16.2 Å². The molecule has 4 nitrogen and oxygen atoms in total. The molecule has 0 radical (unpaired) electrons. The van der Waals surface area contributed by atoms with Crippen molar-refractivity contribution < 1.29 is 21.6 Å². The Morgan fingerprint density at radius 2 is 2.05 bits per heavy atom. The van der Waals surface area contributed by atoms with Gasteiger partial charge in [-0.05, 0) is 37.6 Å². The molecule has 0 saturated carbocycles.